The second-order valence-electron chi connectivity index (χ2n) is 9.57. The Bertz CT molecular complexity index is 399. The van der Waals surface area contributed by atoms with Crippen molar-refractivity contribution in [2.75, 3.05) is 47.0 Å². The minimum atomic E-state index is 0.270. The maximum absolute atomic E-state index is 6.07. The van der Waals surface area contributed by atoms with Crippen LogP contribution < -0.4 is 0 Å². The number of nitrogens with zero attached hydrogens (tertiary/aromatic N) is 2. The van der Waals surface area contributed by atoms with E-state index in [-0.39, 0.29) is 5.41 Å². The third-order valence-corrected chi connectivity index (χ3v) is 6.43. The Morgan fingerprint density at radius 3 is 2.44 bits per heavy atom. The Kier molecular flexibility index (Phi) is 7.75. The van der Waals surface area contributed by atoms with E-state index in [1.807, 2.05) is 0 Å². The number of rotatable bonds is 7. The monoisotopic (exact) mass is 354 g/mol. The molecule has 0 amide bonds. The molecule has 25 heavy (non-hydrogen) atoms. The molecule has 2 aliphatic rings. The average Bonchev–Trinajstić information content (AvgIpc) is 2.50. The molecule has 0 bridgehead atoms. The fraction of sp³-hybridized carbons (Fsp3) is 1.00. The normalized spacial score (nSPS) is 31.4. The Morgan fingerprint density at radius 2 is 1.84 bits per heavy atom. The van der Waals surface area contributed by atoms with Gasteiger partial charge in [-0.05, 0) is 44.2 Å². The lowest BCUT2D eigenvalue weighted by atomic mass is 9.78. The number of ether oxygens (including phenoxy) is 2. The Morgan fingerprint density at radius 1 is 1.12 bits per heavy atom. The second kappa shape index (κ2) is 9.16. The topological polar surface area (TPSA) is 24.9 Å². The molecule has 0 spiro atoms. The van der Waals surface area contributed by atoms with Crippen LogP contribution in [-0.4, -0.2) is 75.0 Å². The van der Waals surface area contributed by atoms with Crippen LogP contribution in [0, 0.1) is 17.3 Å². The van der Waals surface area contributed by atoms with Gasteiger partial charge in [-0.2, -0.15) is 0 Å². The molecule has 2 aliphatic heterocycles. The van der Waals surface area contributed by atoms with E-state index in [1.165, 1.54) is 12.8 Å². The molecule has 4 unspecified atom stereocenters. The van der Waals surface area contributed by atoms with Gasteiger partial charge < -0.3 is 14.4 Å². The van der Waals surface area contributed by atoms with Crippen LogP contribution in [-0.2, 0) is 9.47 Å². The first-order valence-corrected chi connectivity index (χ1v) is 10.3. The molecule has 2 rings (SSSR count). The summed E-state index contributed by atoms with van der Waals surface area (Å²) in [5.74, 6) is 1.42. The first kappa shape index (κ1) is 21.1. The van der Waals surface area contributed by atoms with Gasteiger partial charge in [0, 0.05) is 25.2 Å². The molecule has 0 aromatic rings. The maximum Gasteiger partial charge on any atom is 0.0707 e. The highest BCUT2D eigenvalue weighted by Crippen LogP contribution is 2.35. The van der Waals surface area contributed by atoms with Gasteiger partial charge in [-0.25, -0.2) is 0 Å². The van der Waals surface area contributed by atoms with Gasteiger partial charge in [0.25, 0.3) is 0 Å². The smallest absolute Gasteiger partial charge is 0.0707 e. The van der Waals surface area contributed by atoms with Crippen molar-refractivity contribution in [3.63, 3.8) is 0 Å². The summed E-state index contributed by atoms with van der Waals surface area (Å²) in [7, 11) is 4.52. The third kappa shape index (κ3) is 5.92. The molecule has 0 N–H and O–H groups in total. The van der Waals surface area contributed by atoms with Crippen LogP contribution in [0.5, 0.6) is 0 Å². The molecule has 2 heterocycles. The number of likely N-dealkylation sites (N-methyl/N-ethyl adjacent to an activating group) is 2. The number of hydrogen-bond donors (Lipinski definition) is 0. The van der Waals surface area contributed by atoms with Gasteiger partial charge in [-0.1, -0.05) is 41.0 Å². The van der Waals surface area contributed by atoms with Crippen LogP contribution in [0.3, 0.4) is 0 Å². The minimum absolute atomic E-state index is 0.270. The number of morpholine rings is 2. The van der Waals surface area contributed by atoms with Crippen molar-refractivity contribution in [2.24, 2.45) is 17.3 Å². The zero-order valence-corrected chi connectivity index (χ0v) is 17.8. The molecule has 0 radical (unpaired) electrons. The summed E-state index contributed by atoms with van der Waals surface area (Å²) in [5.41, 5.74) is 0.270. The molecule has 0 aromatic carbocycles. The van der Waals surface area contributed by atoms with Crippen molar-refractivity contribution in [1.82, 2.24) is 9.80 Å². The van der Waals surface area contributed by atoms with Crippen molar-refractivity contribution in [3.05, 3.63) is 0 Å². The first-order chi connectivity index (χ1) is 11.7. The fourth-order valence-electron chi connectivity index (χ4n) is 4.97. The quantitative estimate of drug-likeness (QED) is 0.698. The predicted octanol–water partition coefficient (Wildman–Crippen LogP) is 3.50. The summed E-state index contributed by atoms with van der Waals surface area (Å²) in [6.45, 7) is 16.6. The standard InChI is InChI=1S/C21H42N2O2/c1-8-19(16(2)3)20-15-24-14-17(23(20)7)11-21(4,5)12-18-13-22(6)9-10-25-18/h16-20H,8-15H2,1-7H3. The average molecular weight is 355 g/mol. The van der Waals surface area contributed by atoms with Crippen LogP contribution in [0.25, 0.3) is 0 Å². The molecule has 4 nitrogen and oxygen atoms in total. The molecule has 0 saturated carbocycles. The first-order valence-electron chi connectivity index (χ1n) is 10.3. The zero-order chi connectivity index (χ0) is 18.6. The highest BCUT2D eigenvalue weighted by atomic mass is 16.5. The third-order valence-electron chi connectivity index (χ3n) is 6.43. The minimum Gasteiger partial charge on any atom is -0.378 e. The Hall–Kier alpha value is -0.160. The SMILES string of the molecule is CCC(C(C)C)C1COCC(CC(C)(C)CC2CN(C)CCO2)N1C. The van der Waals surface area contributed by atoms with E-state index in [4.69, 9.17) is 9.47 Å². The largest absolute Gasteiger partial charge is 0.378 e. The molecule has 2 fully saturated rings. The molecule has 148 valence electrons. The predicted molar refractivity (Wildman–Crippen MR) is 105 cm³/mol. The summed E-state index contributed by atoms with van der Waals surface area (Å²) in [4.78, 5) is 5.03. The van der Waals surface area contributed by atoms with Gasteiger partial charge >= 0.3 is 0 Å². The zero-order valence-electron chi connectivity index (χ0n) is 17.8. The number of hydrogen-bond acceptors (Lipinski definition) is 4. The molecule has 4 heteroatoms. The lowest BCUT2D eigenvalue weighted by Gasteiger charge is -2.47. The molecule has 0 aliphatic carbocycles. The van der Waals surface area contributed by atoms with Crippen molar-refractivity contribution < 1.29 is 9.47 Å². The Labute approximate surface area is 156 Å². The van der Waals surface area contributed by atoms with Gasteiger partial charge in [-0.15, -0.1) is 0 Å². The van der Waals surface area contributed by atoms with E-state index >= 15 is 0 Å². The van der Waals surface area contributed by atoms with Crippen LogP contribution in [0.1, 0.15) is 53.9 Å². The van der Waals surface area contributed by atoms with Crippen molar-refractivity contribution in [3.8, 4) is 0 Å². The summed E-state index contributed by atoms with van der Waals surface area (Å²) >= 11 is 0. The molecule has 4 atom stereocenters. The fourth-order valence-corrected chi connectivity index (χ4v) is 4.97. The summed E-state index contributed by atoms with van der Waals surface area (Å²) in [5, 5.41) is 0. The van der Waals surface area contributed by atoms with Gasteiger partial charge in [-0.3, -0.25) is 4.90 Å². The van der Waals surface area contributed by atoms with Crippen molar-refractivity contribution in [2.45, 2.75) is 72.1 Å². The summed E-state index contributed by atoms with van der Waals surface area (Å²) in [6, 6.07) is 1.07. The molecule has 2 saturated heterocycles. The van der Waals surface area contributed by atoms with E-state index in [0.29, 0.717) is 30.0 Å². The van der Waals surface area contributed by atoms with E-state index in [9.17, 15) is 0 Å². The van der Waals surface area contributed by atoms with Gasteiger partial charge in [0.05, 0.1) is 25.9 Å². The van der Waals surface area contributed by atoms with Gasteiger partial charge in [0.1, 0.15) is 0 Å². The summed E-state index contributed by atoms with van der Waals surface area (Å²) in [6.07, 6.45) is 3.92. The van der Waals surface area contributed by atoms with E-state index in [0.717, 1.165) is 39.3 Å². The van der Waals surface area contributed by atoms with Crippen LogP contribution >= 0.6 is 0 Å². The van der Waals surface area contributed by atoms with E-state index in [2.05, 4.69) is 58.5 Å². The molecular weight excluding hydrogens is 312 g/mol. The highest BCUT2D eigenvalue weighted by Gasteiger charge is 2.37. The van der Waals surface area contributed by atoms with Crippen LogP contribution in [0.4, 0.5) is 0 Å². The van der Waals surface area contributed by atoms with Crippen LogP contribution in [0.15, 0.2) is 0 Å². The highest BCUT2D eigenvalue weighted by molar-refractivity contribution is 4.90. The molecular formula is C21H42N2O2. The lowest BCUT2D eigenvalue weighted by molar-refractivity contribution is -0.0827. The lowest BCUT2D eigenvalue weighted by Crippen LogP contribution is -2.55. The molecule has 0 aromatic heterocycles. The van der Waals surface area contributed by atoms with Crippen LogP contribution in [0.2, 0.25) is 0 Å². The van der Waals surface area contributed by atoms with Gasteiger partial charge in [0.2, 0.25) is 0 Å². The Balaban J connectivity index is 1.95. The summed E-state index contributed by atoms with van der Waals surface area (Å²) < 4.78 is 12.1. The van der Waals surface area contributed by atoms with Crippen molar-refractivity contribution >= 4 is 0 Å². The second-order valence-corrected chi connectivity index (χ2v) is 9.57. The maximum atomic E-state index is 6.07. The van der Waals surface area contributed by atoms with E-state index < -0.39 is 0 Å². The van der Waals surface area contributed by atoms with Crippen molar-refractivity contribution in [1.29, 1.82) is 0 Å². The van der Waals surface area contributed by atoms with E-state index in [1.54, 1.807) is 0 Å². The van der Waals surface area contributed by atoms with Gasteiger partial charge in [0.15, 0.2) is 0 Å².